The summed E-state index contributed by atoms with van der Waals surface area (Å²) in [5, 5.41) is 9.77. The van der Waals surface area contributed by atoms with Crippen LogP contribution in [0.25, 0.3) is 0 Å². The van der Waals surface area contributed by atoms with Crippen LogP contribution < -0.4 is 4.90 Å². The molecule has 0 saturated carbocycles. The lowest BCUT2D eigenvalue weighted by atomic mass is 10.1. The van der Waals surface area contributed by atoms with Crippen LogP contribution in [-0.4, -0.2) is 16.6 Å². The van der Waals surface area contributed by atoms with E-state index in [1.807, 2.05) is 25.3 Å². The fourth-order valence-corrected chi connectivity index (χ4v) is 2.57. The van der Waals surface area contributed by atoms with Gasteiger partial charge < -0.3 is 10.0 Å². The van der Waals surface area contributed by atoms with E-state index in [9.17, 15) is 5.11 Å². The first-order valence-corrected chi connectivity index (χ1v) is 6.79. The van der Waals surface area contributed by atoms with Crippen LogP contribution in [-0.2, 0) is 6.42 Å². The molecule has 0 radical (unpaired) electrons. The number of pyridine rings is 1. The van der Waals surface area contributed by atoms with Crippen molar-refractivity contribution in [2.75, 3.05) is 11.4 Å². The first-order valence-electron chi connectivity index (χ1n) is 6.79. The molecule has 0 aliphatic carbocycles. The van der Waals surface area contributed by atoms with Gasteiger partial charge in [-0.3, -0.25) is 4.98 Å². The Bertz CT molecular complexity index is 565. The van der Waals surface area contributed by atoms with E-state index in [0.717, 1.165) is 24.3 Å². The van der Waals surface area contributed by atoms with E-state index < -0.39 is 6.10 Å². The topological polar surface area (TPSA) is 36.4 Å². The van der Waals surface area contributed by atoms with E-state index in [2.05, 4.69) is 34.1 Å². The van der Waals surface area contributed by atoms with Gasteiger partial charge in [0.1, 0.15) is 0 Å². The molecule has 2 heterocycles. The van der Waals surface area contributed by atoms with Gasteiger partial charge in [0.25, 0.3) is 0 Å². The van der Waals surface area contributed by atoms with Crippen LogP contribution >= 0.6 is 0 Å². The number of hydrogen-bond donors (Lipinski definition) is 1. The number of fused-ring (bicyclic) bond motifs is 1. The molecule has 1 aromatic heterocycles. The number of para-hydroxylation sites is 1. The van der Waals surface area contributed by atoms with Gasteiger partial charge in [0.05, 0.1) is 23.7 Å². The number of hydrogen-bond acceptors (Lipinski definition) is 3. The van der Waals surface area contributed by atoms with Crippen molar-refractivity contribution in [3.05, 3.63) is 53.9 Å². The van der Waals surface area contributed by atoms with Gasteiger partial charge in [-0.2, -0.15) is 0 Å². The molecular formula is C16H18N2O. The maximum absolute atomic E-state index is 9.77. The van der Waals surface area contributed by atoms with Gasteiger partial charge in [-0.25, -0.2) is 0 Å². The molecule has 98 valence electrons. The summed E-state index contributed by atoms with van der Waals surface area (Å²) < 4.78 is 0. The number of nitrogens with zero attached hydrogens (tertiary/aromatic N) is 2. The smallest absolute Gasteiger partial charge is 0.0957 e. The van der Waals surface area contributed by atoms with E-state index in [1.54, 1.807) is 0 Å². The van der Waals surface area contributed by atoms with Crippen molar-refractivity contribution in [2.45, 2.75) is 25.9 Å². The lowest BCUT2D eigenvalue weighted by Crippen LogP contribution is -2.13. The largest absolute Gasteiger partial charge is 0.387 e. The van der Waals surface area contributed by atoms with E-state index in [-0.39, 0.29) is 0 Å². The molecule has 2 aromatic rings. The zero-order valence-electron chi connectivity index (χ0n) is 11.1. The number of benzene rings is 1. The molecule has 0 spiro atoms. The third kappa shape index (κ3) is 2.22. The molecule has 1 aromatic carbocycles. The maximum Gasteiger partial charge on any atom is 0.0957 e. The first-order chi connectivity index (χ1) is 9.29. The Labute approximate surface area is 113 Å². The van der Waals surface area contributed by atoms with Crippen LogP contribution in [0.5, 0.6) is 0 Å². The summed E-state index contributed by atoms with van der Waals surface area (Å²) in [6.45, 7) is 2.95. The molecule has 1 N–H and O–H groups in total. The molecule has 1 atom stereocenters. The van der Waals surface area contributed by atoms with Crippen LogP contribution in [0.4, 0.5) is 11.4 Å². The average Bonchev–Trinajstić information content (AvgIpc) is 2.90. The van der Waals surface area contributed by atoms with Crippen molar-refractivity contribution in [3.63, 3.8) is 0 Å². The number of rotatable bonds is 3. The van der Waals surface area contributed by atoms with Gasteiger partial charge in [0.2, 0.25) is 0 Å². The monoisotopic (exact) mass is 254 g/mol. The summed E-state index contributed by atoms with van der Waals surface area (Å²) in [5.41, 5.74) is 4.50. The molecule has 0 saturated heterocycles. The summed E-state index contributed by atoms with van der Waals surface area (Å²) in [7, 11) is 0. The summed E-state index contributed by atoms with van der Waals surface area (Å²) in [6, 6.07) is 12.4. The average molecular weight is 254 g/mol. The van der Waals surface area contributed by atoms with Crippen molar-refractivity contribution in [3.8, 4) is 0 Å². The Morgan fingerprint density at radius 2 is 2.11 bits per heavy atom. The maximum atomic E-state index is 9.77. The van der Waals surface area contributed by atoms with E-state index >= 15 is 0 Å². The first kappa shape index (κ1) is 12.2. The highest BCUT2D eigenvalue weighted by molar-refractivity contribution is 5.69. The van der Waals surface area contributed by atoms with E-state index in [4.69, 9.17) is 0 Å². The second-order valence-corrected chi connectivity index (χ2v) is 4.90. The van der Waals surface area contributed by atoms with Crippen LogP contribution in [0.2, 0.25) is 0 Å². The molecule has 3 heteroatoms. The Hall–Kier alpha value is -1.87. The number of aliphatic hydroxyl groups is 1. The standard InChI is InChI=1S/C16H18N2O/c1-2-16(19)14-8-7-13(11-17-14)18-10-9-12-5-3-4-6-15(12)18/h3-8,11,16,19H,2,9-10H2,1H3/t16-/m0/s1. The predicted octanol–water partition coefficient (Wildman–Crippen LogP) is 3.22. The molecule has 0 bridgehead atoms. The zero-order valence-corrected chi connectivity index (χ0v) is 11.1. The van der Waals surface area contributed by atoms with Crippen LogP contribution in [0.3, 0.4) is 0 Å². The molecule has 19 heavy (non-hydrogen) atoms. The summed E-state index contributed by atoms with van der Waals surface area (Å²) >= 11 is 0. The third-order valence-corrected chi connectivity index (χ3v) is 3.70. The molecule has 0 fully saturated rings. The van der Waals surface area contributed by atoms with Crippen molar-refractivity contribution in [1.82, 2.24) is 4.98 Å². The third-order valence-electron chi connectivity index (χ3n) is 3.70. The van der Waals surface area contributed by atoms with Crippen molar-refractivity contribution >= 4 is 11.4 Å². The predicted molar refractivity (Wildman–Crippen MR) is 76.6 cm³/mol. The SMILES string of the molecule is CC[C@H](O)c1ccc(N2CCc3ccccc32)cn1. The Kier molecular flexibility index (Phi) is 3.22. The molecular weight excluding hydrogens is 236 g/mol. The number of anilines is 2. The summed E-state index contributed by atoms with van der Waals surface area (Å²) in [5.74, 6) is 0. The van der Waals surface area contributed by atoms with Gasteiger partial charge >= 0.3 is 0 Å². The van der Waals surface area contributed by atoms with Gasteiger partial charge in [0.15, 0.2) is 0 Å². The second-order valence-electron chi connectivity index (χ2n) is 4.90. The fraction of sp³-hybridized carbons (Fsp3) is 0.312. The van der Waals surface area contributed by atoms with Crippen LogP contribution in [0.15, 0.2) is 42.6 Å². The van der Waals surface area contributed by atoms with Gasteiger partial charge in [-0.05, 0) is 36.6 Å². The second kappa shape index (κ2) is 5.02. The Morgan fingerprint density at radius 3 is 2.84 bits per heavy atom. The highest BCUT2D eigenvalue weighted by Gasteiger charge is 2.20. The van der Waals surface area contributed by atoms with Gasteiger partial charge in [-0.15, -0.1) is 0 Å². The minimum absolute atomic E-state index is 0.458. The van der Waals surface area contributed by atoms with Crippen LogP contribution in [0.1, 0.15) is 30.7 Å². The molecule has 3 rings (SSSR count). The highest BCUT2D eigenvalue weighted by atomic mass is 16.3. The summed E-state index contributed by atoms with van der Waals surface area (Å²) in [4.78, 5) is 6.66. The molecule has 0 unspecified atom stereocenters. The van der Waals surface area contributed by atoms with Crippen molar-refractivity contribution in [2.24, 2.45) is 0 Å². The quantitative estimate of drug-likeness (QED) is 0.913. The summed E-state index contributed by atoms with van der Waals surface area (Å²) in [6.07, 6.45) is 3.17. The van der Waals surface area contributed by atoms with E-state index in [0.29, 0.717) is 6.42 Å². The Balaban J connectivity index is 1.88. The normalized spacial score (nSPS) is 15.4. The highest BCUT2D eigenvalue weighted by Crippen LogP contribution is 2.34. The fourth-order valence-electron chi connectivity index (χ4n) is 2.57. The van der Waals surface area contributed by atoms with Gasteiger partial charge in [-0.1, -0.05) is 25.1 Å². The van der Waals surface area contributed by atoms with Crippen LogP contribution in [0, 0.1) is 0 Å². The molecule has 1 aliphatic heterocycles. The molecule has 1 aliphatic rings. The number of aromatic nitrogens is 1. The molecule has 3 nitrogen and oxygen atoms in total. The van der Waals surface area contributed by atoms with Crippen molar-refractivity contribution in [1.29, 1.82) is 0 Å². The van der Waals surface area contributed by atoms with E-state index in [1.165, 1.54) is 11.3 Å². The minimum atomic E-state index is -0.458. The van der Waals surface area contributed by atoms with Gasteiger partial charge in [0, 0.05) is 12.2 Å². The lowest BCUT2D eigenvalue weighted by molar-refractivity contribution is 0.169. The number of aliphatic hydroxyl groups excluding tert-OH is 1. The Morgan fingerprint density at radius 1 is 1.26 bits per heavy atom. The van der Waals surface area contributed by atoms with Crippen molar-refractivity contribution < 1.29 is 5.11 Å². The zero-order chi connectivity index (χ0) is 13.2. The minimum Gasteiger partial charge on any atom is -0.387 e. The molecule has 0 amide bonds. The lowest BCUT2D eigenvalue weighted by Gasteiger charge is -2.19.